The van der Waals surface area contributed by atoms with E-state index in [4.69, 9.17) is 0 Å². The smallest absolute Gasteiger partial charge is 0.315 e. The van der Waals surface area contributed by atoms with E-state index in [1.807, 2.05) is 11.4 Å². The molecule has 0 saturated carbocycles. The normalized spacial score (nSPS) is 9.88. The first-order valence-corrected chi connectivity index (χ1v) is 6.35. The fourth-order valence-corrected chi connectivity index (χ4v) is 2.53. The number of halogens is 1. The molecule has 0 saturated heterocycles. The van der Waals surface area contributed by atoms with Crippen LogP contribution in [0.3, 0.4) is 0 Å². The second-order valence-electron chi connectivity index (χ2n) is 3.08. The average molecular weight is 306 g/mol. The van der Waals surface area contributed by atoms with Crippen LogP contribution in [-0.2, 0) is 20.7 Å². The zero-order chi connectivity index (χ0) is 12.0. The summed E-state index contributed by atoms with van der Waals surface area (Å²) in [6.07, 6.45) is 0.549. The van der Waals surface area contributed by atoms with E-state index in [9.17, 15) is 9.59 Å². The first kappa shape index (κ1) is 13.2. The SMILES string of the molecule is COC(=O)CC(=O)NCCc1cc(Br)cs1. The van der Waals surface area contributed by atoms with E-state index in [1.165, 1.54) is 12.0 Å². The van der Waals surface area contributed by atoms with Gasteiger partial charge >= 0.3 is 5.97 Å². The third-order valence-corrected chi connectivity index (χ3v) is 3.61. The van der Waals surface area contributed by atoms with Crippen molar-refractivity contribution < 1.29 is 14.3 Å². The number of methoxy groups -OCH3 is 1. The van der Waals surface area contributed by atoms with E-state index < -0.39 is 5.97 Å². The molecule has 1 heterocycles. The molecule has 0 bridgehead atoms. The van der Waals surface area contributed by atoms with Crippen LogP contribution in [0.25, 0.3) is 0 Å². The molecule has 1 amide bonds. The highest BCUT2D eigenvalue weighted by Gasteiger charge is 2.08. The van der Waals surface area contributed by atoms with Gasteiger partial charge in [0.25, 0.3) is 0 Å². The second kappa shape index (κ2) is 6.65. The quantitative estimate of drug-likeness (QED) is 0.666. The molecule has 0 aliphatic carbocycles. The minimum Gasteiger partial charge on any atom is -0.469 e. The van der Waals surface area contributed by atoms with Crippen molar-refractivity contribution in [3.8, 4) is 0 Å². The van der Waals surface area contributed by atoms with Crippen molar-refractivity contribution in [1.82, 2.24) is 5.32 Å². The number of rotatable bonds is 5. The molecule has 0 radical (unpaired) electrons. The van der Waals surface area contributed by atoms with Crippen molar-refractivity contribution in [2.24, 2.45) is 0 Å². The summed E-state index contributed by atoms with van der Waals surface area (Å²) >= 11 is 4.99. The van der Waals surface area contributed by atoms with Crippen molar-refractivity contribution in [2.45, 2.75) is 12.8 Å². The number of esters is 1. The summed E-state index contributed by atoms with van der Waals surface area (Å²) in [4.78, 5) is 23.1. The number of hydrogen-bond donors (Lipinski definition) is 1. The number of ether oxygens (including phenoxy) is 1. The van der Waals surface area contributed by atoms with E-state index in [0.29, 0.717) is 6.54 Å². The van der Waals surface area contributed by atoms with Gasteiger partial charge in [-0.25, -0.2) is 0 Å². The molecule has 0 aliphatic heterocycles. The lowest BCUT2D eigenvalue weighted by molar-refractivity contribution is -0.143. The van der Waals surface area contributed by atoms with Gasteiger partial charge in [0, 0.05) is 21.3 Å². The van der Waals surface area contributed by atoms with Crippen LogP contribution in [0.15, 0.2) is 15.9 Å². The largest absolute Gasteiger partial charge is 0.469 e. The Kier molecular flexibility index (Phi) is 5.48. The highest BCUT2D eigenvalue weighted by Crippen LogP contribution is 2.19. The molecule has 0 aliphatic rings. The summed E-state index contributed by atoms with van der Waals surface area (Å²) in [5.74, 6) is -0.821. The minimum absolute atomic E-state index is 0.218. The lowest BCUT2D eigenvalue weighted by Gasteiger charge is -2.02. The first-order chi connectivity index (χ1) is 7.61. The van der Waals surface area contributed by atoms with Gasteiger partial charge in [0.15, 0.2) is 0 Å². The molecule has 0 aromatic carbocycles. The zero-order valence-electron chi connectivity index (χ0n) is 8.79. The molecule has 1 aromatic heterocycles. The number of carbonyl (C=O) groups is 2. The molecule has 16 heavy (non-hydrogen) atoms. The maximum Gasteiger partial charge on any atom is 0.315 e. The Labute approximate surface area is 106 Å². The predicted octanol–water partition coefficient (Wildman–Crippen LogP) is 1.73. The van der Waals surface area contributed by atoms with Crippen molar-refractivity contribution in [3.05, 3.63) is 20.8 Å². The lowest BCUT2D eigenvalue weighted by atomic mass is 10.3. The van der Waals surface area contributed by atoms with Crippen molar-refractivity contribution in [2.75, 3.05) is 13.7 Å². The molecule has 0 spiro atoms. The second-order valence-corrected chi connectivity index (χ2v) is 5.00. The molecule has 1 rings (SSSR count). The van der Waals surface area contributed by atoms with Gasteiger partial charge in [-0.1, -0.05) is 0 Å². The van der Waals surface area contributed by atoms with Crippen LogP contribution in [0.2, 0.25) is 0 Å². The van der Waals surface area contributed by atoms with Crippen LogP contribution < -0.4 is 5.32 Å². The topological polar surface area (TPSA) is 55.4 Å². The highest BCUT2D eigenvalue weighted by molar-refractivity contribution is 9.10. The van der Waals surface area contributed by atoms with Crippen LogP contribution in [-0.4, -0.2) is 25.5 Å². The summed E-state index contributed by atoms with van der Waals surface area (Å²) in [7, 11) is 1.26. The molecule has 88 valence electrons. The maximum absolute atomic E-state index is 11.2. The van der Waals surface area contributed by atoms with Gasteiger partial charge in [0.2, 0.25) is 5.91 Å². The lowest BCUT2D eigenvalue weighted by Crippen LogP contribution is -2.27. The Morgan fingerprint density at radius 1 is 1.56 bits per heavy atom. The summed E-state index contributed by atoms with van der Waals surface area (Å²) in [5, 5.41) is 4.65. The van der Waals surface area contributed by atoms with Crippen molar-refractivity contribution >= 4 is 39.1 Å². The zero-order valence-corrected chi connectivity index (χ0v) is 11.2. The molecule has 0 unspecified atom stereocenters. The van der Waals surface area contributed by atoms with Crippen LogP contribution in [0.4, 0.5) is 0 Å². The molecule has 4 nitrogen and oxygen atoms in total. The Morgan fingerprint density at radius 2 is 2.31 bits per heavy atom. The van der Waals surface area contributed by atoms with Gasteiger partial charge < -0.3 is 10.1 Å². The maximum atomic E-state index is 11.2. The summed E-state index contributed by atoms with van der Waals surface area (Å²) < 4.78 is 5.43. The first-order valence-electron chi connectivity index (χ1n) is 4.68. The van der Waals surface area contributed by atoms with Gasteiger partial charge in [0.1, 0.15) is 6.42 Å². The Balaban J connectivity index is 2.20. The minimum atomic E-state index is -0.517. The van der Waals surface area contributed by atoms with E-state index in [2.05, 4.69) is 26.0 Å². The number of nitrogens with one attached hydrogen (secondary N) is 1. The van der Waals surface area contributed by atoms with Gasteiger partial charge in [-0.3, -0.25) is 9.59 Å². The predicted molar refractivity (Wildman–Crippen MR) is 65.4 cm³/mol. The van der Waals surface area contributed by atoms with E-state index in [0.717, 1.165) is 10.9 Å². The highest BCUT2D eigenvalue weighted by atomic mass is 79.9. The van der Waals surface area contributed by atoms with Gasteiger partial charge in [-0.2, -0.15) is 0 Å². The molecule has 1 aromatic rings. The number of thiophene rings is 1. The van der Waals surface area contributed by atoms with Crippen LogP contribution in [0, 0.1) is 0 Å². The fourth-order valence-electron chi connectivity index (χ4n) is 1.08. The Hall–Kier alpha value is -0.880. The molecule has 1 N–H and O–H groups in total. The molecular weight excluding hydrogens is 294 g/mol. The average Bonchev–Trinajstić information content (AvgIpc) is 2.64. The van der Waals surface area contributed by atoms with E-state index in [-0.39, 0.29) is 12.3 Å². The van der Waals surface area contributed by atoms with Crippen LogP contribution in [0.5, 0.6) is 0 Å². The van der Waals surface area contributed by atoms with Gasteiger partial charge in [0.05, 0.1) is 7.11 Å². The molecule has 6 heteroatoms. The van der Waals surface area contributed by atoms with Gasteiger partial charge in [-0.15, -0.1) is 11.3 Å². The molecule has 0 fully saturated rings. The van der Waals surface area contributed by atoms with E-state index >= 15 is 0 Å². The Morgan fingerprint density at radius 3 is 2.88 bits per heavy atom. The molecular formula is C10H12BrNO3S. The standard InChI is InChI=1S/C10H12BrNO3S/c1-15-10(14)5-9(13)12-3-2-8-4-7(11)6-16-8/h4,6H,2-3,5H2,1H3,(H,12,13). The summed E-state index contributed by atoms with van der Waals surface area (Å²) in [6, 6.07) is 2.01. The number of carbonyl (C=O) groups excluding carboxylic acids is 2. The number of amides is 1. The van der Waals surface area contributed by atoms with Crippen molar-refractivity contribution in [1.29, 1.82) is 0 Å². The molecule has 0 atom stereocenters. The van der Waals surface area contributed by atoms with Crippen LogP contribution in [0.1, 0.15) is 11.3 Å². The Bertz CT molecular complexity index is 378. The third-order valence-electron chi connectivity index (χ3n) is 1.85. The summed E-state index contributed by atoms with van der Waals surface area (Å²) in [5.41, 5.74) is 0. The van der Waals surface area contributed by atoms with Crippen molar-refractivity contribution in [3.63, 3.8) is 0 Å². The monoisotopic (exact) mass is 305 g/mol. The number of hydrogen-bond acceptors (Lipinski definition) is 4. The third kappa shape index (κ3) is 4.76. The van der Waals surface area contributed by atoms with Crippen LogP contribution >= 0.6 is 27.3 Å². The van der Waals surface area contributed by atoms with E-state index in [1.54, 1.807) is 11.3 Å². The summed E-state index contributed by atoms with van der Waals surface area (Å²) in [6.45, 7) is 0.531. The van der Waals surface area contributed by atoms with Gasteiger partial charge in [-0.05, 0) is 28.4 Å². The fraction of sp³-hybridized carbons (Fsp3) is 0.400.